The molecule has 0 bridgehead atoms. The number of morpholine rings is 1. The summed E-state index contributed by atoms with van der Waals surface area (Å²) in [7, 11) is 0. The monoisotopic (exact) mass is 265 g/mol. The highest BCUT2D eigenvalue weighted by atomic mass is 35.5. The molecule has 1 amide bonds. The number of hydrogen-bond donors (Lipinski definition) is 0. The van der Waals surface area contributed by atoms with Gasteiger partial charge in [-0.05, 0) is 25.2 Å². The molecule has 2 rings (SSSR count). The first-order chi connectivity index (χ1) is 7.59. The van der Waals surface area contributed by atoms with E-state index in [1.807, 2.05) is 4.90 Å². The number of amides is 1. The van der Waals surface area contributed by atoms with E-state index in [1.54, 1.807) is 0 Å². The molecule has 3 nitrogen and oxygen atoms in total. The van der Waals surface area contributed by atoms with Gasteiger partial charge < -0.3 is 9.64 Å². The van der Waals surface area contributed by atoms with Crippen LogP contribution in [-0.2, 0) is 9.53 Å². The standard InChI is InChI=1S/C11H17Cl2NO2/c12-11(13)8-9(11)2-1-3-10(15)14-4-6-16-7-5-14/h9H,1-8H2/t9-/m0/s1. The Morgan fingerprint density at radius 2 is 2.00 bits per heavy atom. The van der Waals surface area contributed by atoms with Crippen molar-refractivity contribution in [2.24, 2.45) is 5.92 Å². The summed E-state index contributed by atoms with van der Waals surface area (Å²) in [5.74, 6) is 0.631. The van der Waals surface area contributed by atoms with E-state index in [0.717, 1.165) is 32.4 Å². The van der Waals surface area contributed by atoms with Gasteiger partial charge in [0.25, 0.3) is 0 Å². The molecule has 1 saturated carbocycles. The Kier molecular flexibility index (Phi) is 3.98. The molecule has 1 atom stereocenters. The zero-order valence-electron chi connectivity index (χ0n) is 9.25. The molecule has 0 N–H and O–H groups in total. The minimum absolute atomic E-state index is 0.235. The van der Waals surface area contributed by atoms with Crippen molar-refractivity contribution < 1.29 is 9.53 Å². The van der Waals surface area contributed by atoms with E-state index < -0.39 is 4.33 Å². The van der Waals surface area contributed by atoms with Gasteiger partial charge in [-0.2, -0.15) is 0 Å². The van der Waals surface area contributed by atoms with Gasteiger partial charge in [-0.1, -0.05) is 0 Å². The van der Waals surface area contributed by atoms with E-state index >= 15 is 0 Å². The lowest BCUT2D eigenvalue weighted by Crippen LogP contribution is -2.40. The lowest BCUT2D eigenvalue weighted by atomic mass is 10.1. The van der Waals surface area contributed by atoms with E-state index in [4.69, 9.17) is 27.9 Å². The molecule has 1 aliphatic heterocycles. The van der Waals surface area contributed by atoms with E-state index in [-0.39, 0.29) is 5.91 Å². The second-order valence-electron chi connectivity index (χ2n) is 4.55. The van der Waals surface area contributed by atoms with Crippen LogP contribution >= 0.6 is 23.2 Å². The van der Waals surface area contributed by atoms with Crippen molar-refractivity contribution in [3.63, 3.8) is 0 Å². The van der Waals surface area contributed by atoms with Gasteiger partial charge in [-0.15, -0.1) is 23.2 Å². The minimum atomic E-state index is -0.498. The van der Waals surface area contributed by atoms with Crippen LogP contribution in [0.4, 0.5) is 0 Å². The average Bonchev–Trinajstić information content (AvgIpc) is 2.87. The maximum atomic E-state index is 11.8. The van der Waals surface area contributed by atoms with Crippen molar-refractivity contribution in [2.45, 2.75) is 30.0 Å². The van der Waals surface area contributed by atoms with Gasteiger partial charge in [0, 0.05) is 19.5 Å². The predicted molar refractivity (Wildman–Crippen MR) is 63.8 cm³/mol. The highest BCUT2D eigenvalue weighted by Gasteiger charge is 2.50. The Hall–Kier alpha value is 0.01000. The van der Waals surface area contributed by atoms with Gasteiger partial charge in [-0.3, -0.25) is 4.79 Å². The third-order valence-corrected chi connectivity index (χ3v) is 4.19. The van der Waals surface area contributed by atoms with Gasteiger partial charge in [0.05, 0.1) is 13.2 Å². The highest BCUT2D eigenvalue weighted by Crippen LogP contribution is 2.55. The van der Waals surface area contributed by atoms with Crippen molar-refractivity contribution in [3.8, 4) is 0 Å². The Bertz CT molecular complexity index is 265. The third-order valence-electron chi connectivity index (χ3n) is 3.26. The second-order valence-corrected chi connectivity index (χ2v) is 6.09. The molecule has 5 heteroatoms. The van der Waals surface area contributed by atoms with Gasteiger partial charge in [0.15, 0.2) is 0 Å². The molecule has 92 valence electrons. The van der Waals surface area contributed by atoms with Crippen molar-refractivity contribution >= 4 is 29.1 Å². The Labute approximate surface area is 106 Å². The number of halogens is 2. The first-order valence-electron chi connectivity index (χ1n) is 5.83. The van der Waals surface area contributed by atoms with Crippen LogP contribution in [0, 0.1) is 5.92 Å². The molecular weight excluding hydrogens is 249 g/mol. The molecule has 1 heterocycles. The number of ether oxygens (including phenoxy) is 1. The zero-order valence-corrected chi connectivity index (χ0v) is 10.8. The molecule has 1 saturated heterocycles. The van der Waals surface area contributed by atoms with E-state index in [9.17, 15) is 4.79 Å². The van der Waals surface area contributed by atoms with Crippen LogP contribution in [-0.4, -0.2) is 41.4 Å². The molecule has 0 spiro atoms. The summed E-state index contributed by atoms with van der Waals surface area (Å²) in [5.41, 5.74) is 0. The summed E-state index contributed by atoms with van der Waals surface area (Å²) in [4.78, 5) is 13.6. The maximum Gasteiger partial charge on any atom is 0.222 e. The number of hydrogen-bond acceptors (Lipinski definition) is 2. The third kappa shape index (κ3) is 3.25. The van der Waals surface area contributed by atoms with Crippen molar-refractivity contribution in [2.75, 3.05) is 26.3 Å². The largest absolute Gasteiger partial charge is 0.378 e. The molecule has 2 fully saturated rings. The normalized spacial score (nSPS) is 27.9. The molecular formula is C11H17Cl2NO2. The van der Waals surface area contributed by atoms with Gasteiger partial charge in [-0.25, -0.2) is 0 Å². The van der Waals surface area contributed by atoms with Crippen LogP contribution in [0.15, 0.2) is 0 Å². The maximum absolute atomic E-state index is 11.8. The molecule has 0 aromatic heterocycles. The van der Waals surface area contributed by atoms with Gasteiger partial charge >= 0.3 is 0 Å². The number of nitrogens with zero attached hydrogens (tertiary/aromatic N) is 1. The predicted octanol–water partition coefficient (Wildman–Crippen LogP) is 2.21. The smallest absolute Gasteiger partial charge is 0.222 e. The zero-order chi connectivity index (χ0) is 11.6. The van der Waals surface area contributed by atoms with Crippen LogP contribution in [0.5, 0.6) is 0 Å². The van der Waals surface area contributed by atoms with Gasteiger partial charge in [0.2, 0.25) is 5.91 Å². The molecule has 16 heavy (non-hydrogen) atoms. The molecule has 2 aliphatic rings. The van der Waals surface area contributed by atoms with Crippen LogP contribution in [0.2, 0.25) is 0 Å². The first kappa shape index (κ1) is 12.5. The molecule has 0 radical (unpaired) electrons. The molecule has 0 unspecified atom stereocenters. The lowest BCUT2D eigenvalue weighted by Gasteiger charge is -2.26. The van der Waals surface area contributed by atoms with E-state index in [1.165, 1.54) is 0 Å². The summed E-state index contributed by atoms with van der Waals surface area (Å²) in [6.07, 6.45) is 3.34. The highest BCUT2D eigenvalue weighted by molar-refractivity contribution is 6.50. The molecule has 0 aromatic carbocycles. The van der Waals surface area contributed by atoms with Crippen LogP contribution in [0.25, 0.3) is 0 Å². The topological polar surface area (TPSA) is 29.5 Å². The SMILES string of the molecule is O=C(CCC[C@H]1CC1(Cl)Cl)N1CCOCC1. The second kappa shape index (κ2) is 5.11. The molecule has 0 aromatic rings. The fourth-order valence-corrected chi connectivity index (χ4v) is 2.64. The Morgan fingerprint density at radius 3 is 2.56 bits per heavy atom. The quantitative estimate of drug-likeness (QED) is 0.730. The van der Waals surface area contributed by atoms with Crippen molar-refractivity contribution in [3.05, 3.63) is 0 Å². The summed E-state index contributed by atoms with van der Waals surface area (Å²) < 4.78 is 4.70. The summed E-state index contributed by atoms with van der Waals surface area (Å²) in [5, 5.41) is 0. The fraction of sp³-hybridized carbons (Fsp3) is 0.909. The number of carbonyl (C=O) groups excluding carboxylic acids is 1. The lowest BCUT2D eigenvalue weighted by molar-refractivity contribution is -0.135. The van der Waals surface area contributed by atoms with Gasteiger partial charge in [0.1, 0.15) is 4.33 Å². The van der Waals surface area contributed by atoms with Crippen molar-refractivity contribution in [1.29, 1.82) is 0 Å². The fourth-order valence-electron chi connectivity index (χ4n) is 2.05. The van der Waals surface area contributed by atoms with Crippen molar-refractivity contribution in [1.82, 2.24) is 4.90 Å². The van der Waals surface area contributed by atoms with E-state index in [2.05, 4.69) is 0 Å². The van der Waals surface area contributed by atoms with Crippen LogP contribution in [0.1, 0.15) is 25.7 Å². The van der Waals surface area contributed by atoms with Crippen LogP contribution < -0.4 is 0 Å². The first-order valence-corrected chi connectivity index (χ1v) is 6.58. The number of carbonyl (C=O) groups is 1. The Morgan fingerprint density at radius 1 is 1.38 bits per heavy atom. The summed E-state index contributed by atoms with van der Waals surface area (Å²) in [6.45, 7) is 2.80. The van der Waals surface area contributed by atoms with E-state index in [0.29, 0.717) is 25.6 Å². The average molecular weight is 266 g/mol. The summed E-state index contributed by atoms with van der Waals surface area (Å²) >= 11 is 11.8. The Balaban J connectivity index is 1.60. The number of rotatable bonds is 4. The minimum Gasteiger partial charge on any atom is -0.378 e. The van der Waals surface area contributed by atoms with Crippen LogP contribution in [0.3, 0.4) is 0 Å². The number of alkyl halides is 2. The summed E-state index contributed by atoms with van der Waals surface area (Å²) in [6, 6.07) is 0. The molecule has 1 aliphatic carbocycles.